The zero-order chi connectivity index (χ0) is 10.1. The van der Waals surface area contributed by atoms with Crippen LogP contribution in [0, 0.1) is 0 Å². The Labute approximate surface area is 80.5 Å². The SMILES string of the molecule is C=C/C=C(\C)OCCCOC(=C)C. The van der Waals surface area contributed by atoms with Gasteiger partial charge in [0.25, 0.3) is 0 Å². The Hall–Kier alpha value is -1.18. The molecule has 0 bridgehead atoms. The van der Waals surface area contributed by atoms with E-state index in [4.69, 9.17) is 9.47 Å². The summed E-state index contributed by atoms with van der Waals surface area (Å²) in [4.78, 5) is 0. The van der Waals surface area contributed by atoms with Crippen LogP contribution in [0.1, 0.15) is 20.3 Å². The van der Waals surface area contributed by atoms with Crippen LogP contribution >= 0.6 is 0 Å². The summed E-state index contributed by atoms with van der Waals surface area (Å²) in [5, 5.41) is 0. The molecule has 0 aromatic carbocycles. The topological polar surface area (TPSA) is 18.5 Å². The normalized spacial score (nSPS) is 10.8. The van der Waals surface area contributed by atoms with Gasteiger partial charge in [-0.1, -0.05) is 19.2 Å². The lowest BCUT2D eigenvalue weighted by molar-refractivity contribution is 0.154. The Kier molecular flexibility index (Phi) is 6.79. The molecular weight excluding hydrogens is 164 g/mol. The first-order chi connectivity index (χ1) is 6.16. The van der Waals surface area contributed by atoms with E-state index >= 15 is 0 Å². The first kappa shape index (κ1) is 11.8. The monoisotopic (exact) mass is 182 g/mol. The molecule has 0 aromatic heterocycles. The molecule has 0 rings (SSSR count). The third-order valence-electron chi connectivity index (χ3n) is 1.32. The highest BCUT2D eigenvalue weighted by molar-refractivity contribution is 5.01. The third kappa shape index (κ3) is 8.73. The van der Waals surface area contributed by atoms with E-state index in [1.54, 1.807) is 6.08 Å². The van der Waals surface area contributed by atoms with Crippen molar-refractivity contribution in [1.29, 1.82) is 0 Å². The van der Waals surface area contributed by atoms with E-state index < -0.39 is 0 Å². The van der Waals surface area contributed by atoms with Gasteiger partial charge in [0, 0.05) is 6.42 Å². The van der Waals surface area contributed by atoms with E-state index in [1.807, 2.05) is 19.9 Å². The molecule has 0 saturated carbocycles. The van der Waals surface area contributed by atoms with Crippen molar-refractivity contribution in [2.75, 3.05) is 13.2 Å². The van der Waals surface area contributed by atoms with Gasteiger partial charge in [0.05, 0.1) is 24.7 Å². The van der Waals surface area contributed by atoms with Gasteiger partial charge in [-0.2, -0.15) is 0 Å². The molecule has 0 unspecified atom stereocenters. The van der Waals surface area contributed by atoms with Crippen LogP contribution < -0.4 is 0 Å². The Morgan fingerprint density at radius 1 is 1.23 bits per heavy atom. The van der Waals surface area contributed by atoms with Crippen LogP contribution in [-0.4, -0.2) is 13.2 Å². The lowest BCUT2D eigenvalue weighted by Gasteiger charge is -2.06. The van der Waals surface area contributed by atoms with Crippen LogP contribution in [0.25, 0.3) is 0 Å². The summed E-state index contributed by atoms with van der Waals surface area (Å²) in [6.45, 7) is 12.3. The highest BCUT2D eigenvalue weighted by Crippen LogP contribution is 1.98. The molecular formula is C11H18O2. The molecule has 0 atom stereocenters. The van der Waals surface area contributed by atoms with Gasteiger partial charge >= 0.3 is 0 Å². The van der Waals surface area contributed by atoms with Crippen LogP contribution in [0.3, 0.4) is 0 Å². The first-order valence-electron chi connectivity index (χ1n) is 4.37. The van der Waals surface area contributed by atoms with E-state index in [0.717, 1.165) is 17.9 Å². The number of ether oxygens (including phenoxy) is 2. The Morgan fingerprint density at radius 3 is 2.38 bits per heavy atom. The lowest BCUT2D eigenvalue weighted by Crippen LogP contribution is -1.98. The van der Waals surface area contributed by atoms with Crippen molar-refractivity contribution >= 4 is 0 Å². The highest BCUT2D eigenvalue weighted by Gasteiger charge is 1.90. The molecule has 0 aromatic rings. The van der Waals surface area contributed by atoms with E-state index in [9.17, 15) is 0 Å². The maximum absolute atomic E-state index is 5.34. The summed E-state index contributed by atoms with van der Waals surface area (Å²) < 4.78 is 10.5. The molecule has 0 radical (unpaired) electrons. The minimum absolute atomic E-state index is 0.663. The molecule has 0 heterocycles. The highest BCUT2D eigenvalue weighted by atomic mass is 16.5. The number of hydrogen-bond acceptors (Lipinski definition) is 2. The molecule has 0 aliphatic rings. The molecule has 0 spiro atoms. The Morgan fingerprint density at radius 2 is 1.85 bits per heavy atom. The van der Waals surface area contributed by atoms with Crippen molar-refractivity contribution in [1.82, 2.24) is 0 Å². The average Bonchev–Trinajstić information content (AvgIpc) is 2.03. The van der Waals surface area contributed by atoms with Gasteiger partial charge in [-0.05, 0) is 19.9 Å². The van der Waals surface area contributed by atoms with Crippen LogP contribution in [0.15, 0.2) is 36.8 Å². The van der Waals surface area contributed by atoms with Crippen molar-refractivity contribution < 1.29 is 9.47 Å². The van der Waals surface area contributed by atoms with Crippen LogP contribution in [-0.2, 0) is 9.47 Å². The summed E-state index contributed by atoms with van der Waals surface area (Å²) in [6, 6.07) is 0. The van der Waals surface area contributed by atoms with Gasteiger partial charge in [0.1, 0.15) is 0 Å². The van der Waals surface area contributed by atoms with Crippen molar-refractivity contribution in [3.8, 4) is 0 Å². The van der Waals surface area contributed by atoms with Crippen LogP contribution in [0.4, 0.5) is 0 Å². The zero-order valence-electron chi connectivity index (χ0n) is 8.51. The van der Waals surface area contributed by atoms with Crippen molar-refractivity contribution in [3.05, 3.63) is 36.8 Å². The van der Waals surface area contributed by atoms with Crippen molar-refractivity contribution in [2.24, 2.45) is 0 Å². The summed E-state index contributed by atoms with van der Waals surface area (Å²) in [6.07, 6.45) is 4.41. The van der Waals surface area contributed by atoms with Gasteiger partial charge < -0.3 is 9.47 Å². The largest absolute Gasteiger partial charge is 0.499 e. The van der Waals surface area contributed by atoms with Gasteiger partial charge in [-0.25, -0.2) is 0 Å². The van der Waals surface area contributed by atoms with Crippen molar-refractivity contribution in [3.63, 3.8) is 0 Å². The minimum atomic E-state index is 0.663. The minimum Gasteiger partial charge on any atom is -0.499 e. The predicted molar refractivity (Wildman–Crippen MR) is 55.3 cm³/mol. The van der Waals surface area contributed by atoms with Gasteiger partial charge in [0.2, 0.25) is 0 Å². The fraction of sp³-hybridized carbons (Fsp3) is 0.455. The number of allylic oxidation sites excluding steroid dienone is 4. The second-order valence-corrected chi connectivity index (χ2v) is 2.77. The fourth-order valence-electron chi connectivity index (χ4n) is 0.753. The van der Waals surface area contributed by atoms with E-state index in [-0.39, 0.29) is 0 Å². The maximum Gasteiger partial charge on any atom is 0.0928 e. The standard InChI is InChI=1S/C11H18O2/c1-5-7-11(4)13-9-6-8-12-10(2)3/h5,7H,1-2,6,8-9H2,3-4H3/b11-7+. The second kappa shape index (κ2) is 7.47. The third-order valence-corrected chi connectivity index (χ3v) is 1.32. The number of hydrogen-bond donors (Lipinski definition) is 0. The van der Waals surface area contributed by atoms with Gasteiger partial charge in [0.15, 0.2) is 0 Å². The molecule has 0 saturated heterocycles. The molecule has 0 amide bonds. The van der Waals surface area contributed by atoms with E-state index in [0.29, 0.717) is 13.2 Å². The Bertz CT molecular complexity index is 192. The summed E-state index contributed by atoms with van der Waals surface area (Å²) >= 11 is 0. The van der Waals surface area contributed by atoms with Crippen LogP contribution in [0.2, 0.25) is 0 Å². The molecule has 74 valence electrons. The fourth-order valence-corrected chi connectivity index (χ4v) is 0.753. The smallest absolute Gasteiger partial charge is 0.0928 e. The summed E-state index contributed by atoms with van der Waals surface area (Å²) in [7, 11) is 0. The molecule has 0 aliphatic carbocycles. The molecule has 0 aliphatic heterocycles. The average molecular weight is 182 g/mol. The predicted octanol–water partition coefficient (Wildman–Crippen LogP) is 3.03. The molecule has 2 nitrogen and oxygen atoms in total. The first-order valence-corrected chi connectivity index (χ1v) is 4.37. The van der Waals surface area contributed by atoms with Gasteiger partial charge in [-0.15, -0.1) is 0 Å². The Balaban J connectivity index is 3.30. The second-order valence-electron chi connectivity index (χ2n) is 2.77. The van der Waals surface area contributed by atoms with E-state index in [1.165, 1.54) is 0 Å². The van der Waals surface area contributed by atoms with Crippen molar-refractivity contribution in [2.45, 2.75) is 20.3 Å². The lowest BCUT2D eigenvalue weighted by atomic mass is 10.4. The zero-order valence-corrected chi connectivity index (χ0v) is 8.51. The molecule has 0 N–H and O–H groups in total. The maximum atomic E-state index is 5.34. The molecule has 2 heteroatoms. The summed E-state index contributed by atoms with van der Waals surface area (Å²) in [5.74, 6) is 1.63. The van der Waals surface area contributed by atoms with E-state index in [2.05, 4.69) is 13.2 Å². The quantitative estimate of drug-likeness (QED) is 0.342. The molecule has 0 fully saturated rings. The molecule has 13 heavy (non-hydrogen) atoms. The van der Waals surface area contributed by atoms with Crippen LogP contribution in [0.5, 0.6) is 0 Å². The van der Waals surface area contributed by atoms with Gasteiger partial charge in [-0.3, -0.25) is 0 Å². The summed E-state index contributed by atoms with van der Waals surface area (Å²) in [5.41, 5.74) is 0. The number of rotatable bonds is 7.